The van der Waals surface area contributed by atoms with Crippen LogP contribution in [0.15, 0.2) is 4.99 Å². The molecule has 0 N–H and O–H groups in total. The fraction of sp³-hybridized carbons (Fsp3) is 0.889. The van der Waals surface area contributed by atoms with Crippen LogP contribution in [0.25, 0.3) is 0 Å². The Morgan fingerprint density at radius 2 is 2.00 bits per heavy atom. The first-order chi connectivity index (χ1) is 5.93. The molecule has 0 aliphatic carbocycles. The lowest BCUT2D eigenvalue weighted by atomic mass is 10.3. The molecule has 1 rings (SSSR count). The topological polar surface area (TPSA) is 32.7 Å². The monoisotopic (exact) mass is 168 g/mol. The summed E-state index contributed by atoms with van der Waals surface area (Å²) >= 11 is 0. The Morgan fingerprint density at radius 3 is 2.67 bits per heavy atom. The van der Waals surface area contributed by atoms with Crippen LogP contribution in [0.1, 0.15) is 25.7 Å². The summed E-state index contributed by atoms with van der Waals surface area (Å²) in [4.78, 5) is 15.7. The highest BCUT2D eigenvalue weighted by atomic mass is 16.1. The van der Waals surface area contributed by atoms with Gasteiger partial charge in [-0.05, 0) is 45.3 Å². The second-order valence-electron chi connectivity index (χ2n) is 3.23. The predicted octanol–water partition coefficient (Wildman–Crippen LogP) is 1.20. The van der Waals surface area contributed by atoms with Crippen molar-refractivity contribution in [1.29, 1.82) is 0 Å². The second kappa shape index (κ2) is 5.92. The minimum atomic E-state index is 0.650. The summed E-state index contributed by atoms with van der Waals surface area (Å²) in [5.41, 5.74) is 0. The molecule has 1 heterocycles. The molecule has 12 heavy (non-hydrogen) atoms. The molecule has 0 radical (unpaired) electrons. The van der Waals surface area contributed by atoms with Crippen LogP contribution in [0, 0.1) is 0 Å². The summed E-state index contributed by atoms with van der Waals surface area (Å²) in [5.74, 6) is 0. The lowest BCUT2D eigenvalue weighted by molar-refractivity contribution is 0.331. The van der Waals surface area contributed by atoms with E-state index in [1.54, 1.807) is 6.08 Å². The minimum Gasteiger partial charge on any atom is -0.303 e. The zero-order chi connectivity index (χ0) is 8.65. The highest BCUT2D eigenvalue weighted by Gasteiger charge is 2.09. The molecule has 0 spiro atoms. The van der Waals surface area contributed by atoms with E-state index in [2.05, 4.69) is 9.89 Å². The highest BCUT2D eigenvalue weighted by Crippen LogP contribution is 2.07. The number of isocyanates is 1. The Balaban J connectivity index is 1.91. The van der Waals surface area contributed by atoms with Crippen LogP contribution in [-0.4, -0.2) is 37.2 Å². The van der Waals surface area contributed by atoms with E-state index in [4.69, 9.17) is 0 Å². The van der Waals surface area contributed by atoms with Gasteiger partial charge in [0.1, 0.15) is 0 Å². The molecule has 3 nitrogen and oxygen atoms in total. The van der Waals surface area contributed by atoms with Crippen molar-refractivity contribution in [3.05, 3.63) is 0 Å². The van der Waals surface area contributed by atoms with Gasteiger partial charge >= 0.3 is 0 Å². The molecule has 0 unspecified atom stereocenters. The summed E-state index contributed by atoms with van der Waals surface area (Å²) < 4.78 is 0. The number of nitrogens with zero attached hydrogens (tertiary/aromatic N) is 2. The predicted molar refractivity (Wildman–Crippen MR) is 47.9 cm³/mol. The maximum atomic E-state index is 9.72. The van der Waals surface area contributed by atoms with Gasteiger partial charge in [-0.3, -0.25) is 0 Å². The third kappa shape index (κ3) is 3.65. The number of hydrogen-bond acceptors (Lipinski definition) is 3. The molecular formula is C9H16N2O. The van der Waals surface area contributed by atoms with Crippen molar-refractivity contribution in [2.45, 2.75) is 25.7 Å². The van der Waals surface area contributed by atoms with E-state index in [1.807, 2.05) is 0 Å². The normalized spacial score (nSPS) is 17.7. The summed E-state index contributed by atoms with van der Waals surface area (Å²) in [6.07, 6.45) is 6.44. The van der Waals surface area contributed by atoms with E-state index in [1.165, 1.54) is 32.5 Å². The van der Waals surface area contributed by atoms with Gasteiger partial charge in [0.15, 0.2) is 0 Å². The van der Waals surface area contributed by atoms with Crippen LogP contribution in [-0.2, 0) is 4.79 Å². The zero-order valence-electron chi connectivity index (χ0n) is 7.46. The lowest BCUT2D eigenvalue weighted by Crippen LogP contribution is -2.20. The molecule has 3 heteroatoms. The average Bonchev–Trinajstić information content (AvgIpc) is 2.57. The Morgan fingerprint density at radius 1 is 1.25 bits per heavy atom. The van der Waals surface area contributed by atoms with E-state index in [9.17, 15) is 4.79 Å². The van der Waals surface area contributed by atoms with E-state index >= 15 is 0 Å². The van der Waals surface area contributed by atoms with Crippen molar-refractivity contribution in [2.75, 3.05) is 26.2 Å². The fourth-order valence-electron chi connectivity index (χ4n) is 1.58. The van der Waals surface area contributed by atoms with Gasteiger partial charge in [-0.25, -0.2) is 9.79 Å². The van der Waals surface area contributed by atoms with Crippen LogP contribution < -0.4 is 0 Å². The van der Waals surface area contributed by atoms with Crippen LogP contribution in [0.4, 0.5) is 0 Å². The third-order valence-electron chi connectivity index (χ3n) is 2.26. The number of hydrogen-bond donors (Lipinski definition) is 0. The summed E-state index contributed by atoms with van der Waals surface area (Å²) in [6, 6.07) is 0. The summed E-state index contributed by atoms with van der Waals surface area (Å²) in [5, 5.41) is 0. The molecule has 0 aromatic carbocycles. The van der Waals surface area contributed by atoms with E-state index < -0.39 is 0 Å². The van der Waals surface area contributed by atoms with Gasteiger partial charge in [-0.1, -0.05) is 0 Å². The standard InChI is InChI=1S/C9H16N2O/c12-9-10-5-1-2-6-11-7-3-4-8-11/h1-8H2. The number of carbonyl (C=O) groups excluding carboxylic acids is 1. The van der Waals surface area contributed by atoms with Crippen LogP contribution in [0.5, 0.6) is 0 Å². The molecule has 68 valence electrons. The zero-order valence-corrected chi connectivity index (χ0v) is 7.46. The number of aliphatic imine (C=N–C) groups is 1. The maximum absolute atomic E-state index is 9.72. The molecule has 1 aliphatic heterocycles. The smallest absolute Gasteiger partial charge is 0.234 e. The molecule has 0 saturated carbocycles. The van der Waals surface area contributed by atoms with Crippen LogP contribution >= 0.6 is 0 Å². The Hall–Kier alpha value is -0.660. The number of likely N-dealkylation sites (tertiary alicyclic amines) is 1. The molecule has 0 atom stereocenters. The van der Waals surface area contributed by atoms with Crippen molar-refractivity contribution in [3.8, 4) is 0 Å². The fourth-order valence-corrected chi connectivity index (χ4v) is 1.58. The van der Waals surface area contributed by atoms with Gasteiger partial charge in [-0.2, -0.15) is 0 Å². The van der Waals surface area contributed by atoms with Crippen molar-refractivity contribution in [3.63, 3.8) is 0 Å². The molecule has 1 fully saturated rings. The Labute approximate surface area is 73.5 Å². The lowest BCUT2D eigenvalue weighted by Gasteiger charge is -2.12. The number of rotatable bonds is 5. The van der Waals surface area contributed by atoms with Gasteiger partial charge in [0.25, 0.3) is 0 Å². The highest BCUT2D eigenvalue weighted by molar-refractivity contribution is 5.32. The van der Waals surface area contributed by atoms with Gasteiger partial charge in [-0.15, -0.1) is 0 Å². The van der Waals surface area contributed by atoms with E-state index in [0.29, 0.717) is 6.54 Å². The van der Waals surface area contributed by atoms with E-state index in [-0.39, 0.29) is 0 Å². The average molecular weight is 168 g/mol. The Bertz CT molecular complexity index is 158. The van der Waals surface area contributed by atoms with Crippen LogP contribution in [0.2, 0.25) is 0 Å². The van der Waals surface area contributed by atoms with E-state index in [0.717, 1.165) is 12.8 Å². The van der Waals surface area contributed by atoms with Gasteiger partial charge < -0.3 is 4.90 Å². The van der Waals surface area contributed by atoms with Crippen molar-refractivity contribution in [1.82, 2.24) is 4.90 Å². The maximum Gasteiger partial charge on any atom is 0.234 e. The first kappa shape index (κ1) is 9.43. The minimum absolute atomic E-state index is 0.650. The number of unbranched alkanes of at least 4 members (excludes halogenated alkanes) is 1. The van der Waals surface area contributed by atoms with Crippen molar-refractivity contribution >= 4 is 6.08 Å². The first-order valence-corrected chi connectivity index (χ1v) is 4.69. The van der Waals surface area contributed by atoms with Crippen LogP contribution in [0.3, 0.4) is 0 Å². The molecule has 0 bridgehead atoms. The third-order valence-corrected chi connectivity index (χ3v) is 2.26. The molecule has 1 saturated heterocycles. The summed E-state index contributed by atoms with van der Waals surface area (Å²) in [6.45, 7) is 4.35. The van der Waals surface area contributed by atoms with Gasteiger partial charge in [0.2, 0.25) is 6.08 Å². The first-order valence-electron chi connectivity index (χ1n) is 4.69. The quantitative estimate of drug-likeness (QED) is 0.351. The second-order valence-corrected chi connectivity index (χ2v) is 3.23. The molecule has 1 aliphatic rings. The molecular weight excluding hydrogens is 152 g/mol. The Kier molecular flexibility index (Phi) is 4.65. The molecule has 0 aromatic heterocycles. The van der Waals surface area contributed by atoms with Crippen molar-refractivity contribution < 1.29 is 4.79 Å². The SMILES string of the molecule is O=C=NCCCCN1CCCC1. The van der Waals surface area contributed by atoms with Gasteiger partial charge in [0, 0.05) is 0 Å². The summed E-state index contributed by atoms with van der Waals surface area (Å²) in [7, 11) is 0. The molecule has 0 amide bonds. The van der Waals surface area contributed by atoms with Gasteiger partial charge in [0.05, 0.1) is 6.54 Å². The van der Waals surface area contributed by atoms with Crippen molar-refractivity contribution in [2.24, 2.45) is 4.99 Å². The molecule has 0 aromatic rings. The largest absolute Gasteiger partial charge is 0.303 e.